The number of carbonyl (C=O) groups is 1. The molecule has 2 aliphatic rings. The third-order valence-electron chi connectivity index (χ3n) is 4.45. The Hall–Kier alpha value is -0.990. The van der Waals surface area contributed by atoms with E-state index in [2.05, 4.69) is 4.98 Å². The highest BCUT2D eigenvalue weighted by Gasteiger charge is 2.51. The maximum Gasteiger partial charge on any atom is 0.322 e. The molecule has 0 aromatic carbocycles. The predicted octanol–water partition coefficient (Wildman–Crippen LogP) is 1.86. The number of aliphatic carboxylic acids is 1. The second kappa shape index (κ2) is 5.33. The van der Waals surface area contributed by atoms with Gasteiger partial charge < -0.3 is 5.11 Å². The second-order valence-electron chi connectivity index (χ2n) is 5.73. The van der Waals surface area contributed by atoms with Crippen LogP contribution >= 0.6 is 11.3 Å². The van der Waals surface area contributed by atoms with Crippen LogP contribution in [0.3, 0.4) is 0 Å². The van der Waals surface area contributed by atoms with Crippen LogP contribution in [0, 0.1) is 12.8 Å². The van der Waals surface area contributed by atoms with E-state index in [1.165, 1.54) is 10.5 Å². The Morgan fingerprint density at radius 3 is 2.76 bits per heavy atom. The number of thiazole rings is 1. The average Bonchev–Trinajstić information content (AvgIpc) is 3.02. The average molecular weight is 330 g/mol. The van der Waals surface area contributed by atoms with E-state index in [1.807, 2.05) is 0 Å². The lowest BCUT2D eigenvalue weighted by molar-refractivity contribution is -0.141. The fraction of sp³-hybridized carbons (Fsp3) is 0.692. The fourth-order valence-corrected chi connectivity index (χ4v) is 6.62. The first kappa shape index (κ1) is 14.9. The third kappa shape index (κ3) is 2.49. The van der Waals surface area contributed by atoms with E-state index in [4.69, 9.17) is 0 Å². The normalized spacial score (nSPS) is 30.2. The SMILES string of the molecule is Cc1ncc(S(=O)(=O)N2C(C(=O)O)CC3CCCCC32)s1. The van der Waals surface area contributed by atoms with E-state index >= 15 is 0 Å². The van der Waals surface area contributed by atoms with E-state index in [0.717, 1.165) is 37.0 Å². The highest BCUT2D eigenvalue weighted by Crippen LogP contribution is 2.43. The van der Waals surface area contributed by atoms with E-state index in [1.54, 1.807) is 6.92 Å². The molecule has 1 aliphatic carbocycles. The molecule has 21 heavy (non-hydrogen) atoms. The molecule has 3 rings (SSSR count). The van der Waals surface area contributed by atoms with Crippen LogP contribution in [0.25, 0.3) is 0 Å². The molecule has 1 saturated carbocycles. The van der Waals surface area contributed by atoms with Gasteiger partial charge in [0, 0.05) is 6.04 Å². The summed E-state index contributed by atoms with van der Waals surface area (Å²) in [7, 11) is -3.77. The number of sulfonamides is 1. The molecule has 1 N–H and O–H groups in total. The van der Waals surface area contributed by atoms with E-state index in [9.17, 15) is 18.3 Å². The molecule has 0 spiro atoms. The van der Waals surface area contributed by atoms with Crippen molar-refractivity contribution in [3.63, 3.8) is 0 Å². The first-order valence-electron chi connectivity index (χ1n) is 7.10. The van der Waals surface area contributed by atoms with Crippen LogP contribution in [0.4, 0.5) is 0 Å². The van der Waals surface area contributed by atoms with E-state index in [-0.39, 0.29) is 16.2 Å². The molecular weight excluding hydrogens is 312 g/mol. The summed E-state index contributed by atoms with van der Waals surface area (Å²) in [5, 5.41) is 10.1. The lowest BCUT2D eigenvalue weighted by Crippen LogP contribution is -2.45. The van der Waals surface area contributed by atoms with E-state index < -0.39 is 22.0 Å². The molecule has 116 valence electrons. The molecule has 1 aromatic rings. The van der Waals surface area contributed by atoms with Gasteiger partial charge in [-0.15, -0.1) is 11.3 Å². The quantitative estimate of drug-likeness (QED) is 0.914. The molecule has 2 fully saturated rings. The first-order chi connectivity index (χ1) is 9.91. The summed E-state index contributed by atoms with van der Waals surface area (Å²) in [5.74, 6) is -0.877. The number of fused-ring (bicyclic) bond motifs is 1. The number of carboxylic acid groups (broad SMARTS) is 1. The minimum absolute atomic E-state index is 0.150. The van der Waals surface area contributed by atoms with Crippen molar-refractivity contribution in [1.29, 1.82) is 0 Å². The third-order valence-corrected chi connectivity index (χ3v) is 7.73. The zero-order chi connectivity index (χ0) is 15.2. The van der Waals surface area contributed by atoms with Gasteiger partial charge in [0.2, 0.25) is 0 Å². The molecule has 0 amide bonds. The summed E-state index contributed by atoms with van der Waals surface area (Å²) >= 11 is 1.10. The number of rotatable bonds is 3. The highest BCUT2D eigenvalue weighted by atomic mass is 32.2. The Morgan fingerprint density at radius 2 is 2.14 bits per heavy atom. The van der Waals surface area contributed by atoms with Gasteiger partial charge in [0.25, 0.3) is 10.0 Å². The van der Waals surface area contributed by atoms with Gasteiger partial charge in [0.05, 0.1) is 11.2 Å². The number of hydrogen-bond donors (Lipinski definition) is 1. The van der Waals surface area contributed by atoms with Crippen LogP contribution in [0.1, 0.15) is 37.1 Å². The topological polar surface area (TPSA) is 87.6 Å². The number of nitrogens with zero attached hydrogens (tertiary/aromatic N) is 2. The molecule has 3 unspecified atom stereocenters. The minimum atomic E-state index is -3.77. The second-order valence-corrected chi connectivity index (χ2v) is 9.04. The van der Waals surface area contributed by atoms with Crippen LogP contribution < -0.4 is 0 Å². The maximum absolute atomic E-state index is 12.9. The summed E-state index contributed by atoms with van der Waals surface area (Å²) in [6.45, 7) is 1.74. The van der Waals surface area contributed by atoms with Gasteiger partial charge in [-0.25, -0.2) is 13.4 Å². The molecule has 0 bridgehead atoms. The van der Waals surface area contributed by atoms with Crippen molar-refractivity contribution >= 4 is 27.3 Å². The summed E-state index contributed by atoms with van der Waals surface area (Å²) in [6, 6.07) is -1.11. The van der Waals surface area contributed by atoms with Gasteiger partial charge in [-0.05, 0) is 32.1 Å². The molecule has 3 atom stereocenters. The van der Waals surface area contributed by atoms with Gasteiger partial charge in [-0.2, -0.15) is 4.31 Å². The van der Waals surface area contributed by atoms with Gasteiger partial charge in [-0.3, -0.25) is 4.79 Å². The van der Waals surface area contributed by atoms with Crippen molar-refractivity contribution in [3.8, 4) is 0 Å². The summed E-state index contributed by atoms with van der Waals surface area (Å²) in [5.41, 5.74) is 0. The van der Waals surface area contributed by atoms with Crippen LogP contribution in [-0.4, -0.2) is 40.9 Å². The Balaban J connectivity index is 2.02. The van der Waals surface area contributed by atoms with Crippen LogP contribution in [-0.2, 0) is 14.8 Å². The maximum atomic E-state index is 12.9. The van der Waals surface area contributed by atoms with Crippen LogP contribution in [0.5, 0.6) is 0 Å². The van der Waals surface area contributed by atoms with Crippen molar-refractivity contribution in [3.05, 3.63) is 11.2 Å². The van der Waals surface area contributed by atoms with Crippen molar-refractivity contribution < 1.29 is 18.3 Å². The zero-order valence-electron chi connectivity index (χ0n) is 11.7. The summed E-state index contributed by atoms with van der Waals surface area (Å²) in [4.78, 5) is 15.5. The van der Waals surface area contributed by atoms with Crippen molar-refractivity contribution in [2.24, 2.45) is 5.92 Å². The van der Waals surface area contributed by atoms with Crippen LogP contribution in [0.15, 0.2) is 10.4 Å². The minimum Gasteiger partial charge on any atom is -0.480 e. The largest absolute Gasteiger partial charge is 0.480 e. The smallest absolute Gasteiger partial charge is 0.322 e. The number of aromatic nitrogens is 1. The van der Waals surface area contributed by atoms with Gasteiger partial charge >= 0.3 is 5.97 Å². The van der Waals surface area contributed by atoms with Gasteiger partial charge in [0.15, 0.2) is 4.21 Å². The fourth-order valence-electron chi connectivity index (χ4n) is 3.54. The molecule has 6 nitrogen and oxygen atoms in total. The number of aryl methyl sites for hydroxylation is 1. The Bertz CT molecular complexity index is 655. The molecule has 8 heteroatoms. The predicted molar refractivity (Wildman–Crippen MR) is 77.7 cm³/mol. The Morgan fingerprint density at radius 1 is 1.43 bits per heavy atom. The van der Waals surface area contributed by atoms with Gasteiger partial charge in [-0.1, -0.05) is 12.8 Å². The zero-order valence-corrected chi connectivity index (χ0v) is 13.4. The Labute approximate surface area is 127 Å². The Kier molecular flexibility index (Phi) is 3.79. The first-order valence-corrected chi connectivity index (χ1v) is 9.35. The summed E-state index contributed by atoms with van der Waals surface area (Å²) in [6.07, 6.45) is 5.46. The van der Waals surface area contributed by atoms with Crippen LogP contribution in [0.2, 0.25) is 0 Å². The van der Waals surface area contributed by atoms with Crippen molar-refractivity contribution in [2.75, 3.05) is 0 Å². The lowest BCUT2D eigenvalue weighted by atomic mass is 9.85. The molecule has 1 aliphatic heterocycles. The molecule has 1 saturated heterocycles. The molecule has 0 radical (unpaired) electrons. The molecule has 1 aromatic heterocycles. The standard InChI is InChI=1S/C13H18N2O4S2/c1-8-14-7-12(20-8)21(18,19)15-10-5-3-2-4-9(10)6-11(15)13(16)17/h7,9-11H,2-6H2,1H3,(H,16,17). The summed E-state index contributed by atoms with van der Waals surface area (Å²) < 4.78 is 27.1. The molecule has 2 heterocycles. The van der Waals surface area contributed by atoms with Crippen molar-refractivity contribution in [2.45, 2.75) is 55.3 Å². The monoisotopic (exact) mass is 330 g/mol. The van der Waals surface area contributed by atoms with Crippen molar-refractivity contribution in [1.82, 2.24) is 9.29 Å². The van der Waals surface area contributed by atoms with Gasteiger partial charge in [0.1, 0.15) is 6.04 Å². The molecular formula is C13H18N2O4S2. The number of hydrogen-bond acceptors (Lipinski definition) is 5. The lowest BCUT2D eigenvalue weighted by Gasteiger charge is -2.31. The highest BCUT2D eigenvalue weighted by molar-refractivity contribution is 7.91. The number of carboxylic acids is 1. The van der Waals surface area contributed by atoms with E-state index in [0.29, 0.717) is 11.4 Å².